The molecule has 0 amide bonds. The standard InChI is InChI=1S/C36H36F12N8.Pt/c1-29(2,33(37,38)39)13-17-9-21-49-25(17)53-22-10-18(14-30(3,4)34(40,41)42)27(50-22)55-24-12-20(16-32(7,8)36(46,47)48)28(52-24)56-23-11-19(26(51-23)54-21)15-31(5,6)35(43,44)45;/h9-12H,13-16H2,1-8H3;/q-2;+2. The van der Waals surface area contributed by atoms with Crippen LogP contribution in [0.3, 0.4) is 0 Å². The van der Waals surface area contributed by atoms with Gasteiger partial charge in [-0.3, -0.25) is 0 Å². The van der Waals surface area contributed by atoms with Crippen LogP contribution in [0.1, 0.15) is 103 Å². The van der Waals surface area contributed by atoms with Gasteiger partial charge in [-0.05, 0) is 72.2 Å². The minimum Gasteiger partial charge on any atom is -0.358 e. The van der Waals surface area contributed by atoms with Crippen molar-refractivity contribution >= 4 is 45.9 Å². The van der Waals surface area contributed by atoms with Gasteiger partial charge in [-0.1, -0.05) is 55.4 Å². The molecule has 3 aromatic heterocycles. The van der Waals surface area contributed by atoms with Crippen LogP contribution in [0, 0.1) is 21.7 Å². The zero-order valence-corrected chi connectivity index (χ0v) is 33.8. The van der Waals surface area contributed by atoms with Gasteiger partial charge >= 0.3 is 45.8 Å². The van der Waals surface area contributed by atoms with E-state index < -0.39 is 72.0 Å². The molecule has 57 heavy (non-hydrogen) atoms. The Kier molecular flexibility index (Phi) is 11.9. The van der Waals surface area contributed by atoms with E-state index in [4.69, 9.17) is 0 Å². The fourth-order valence-corrected chi connectivity index (χ4v) is 5.61. The zero-order chi connectivity index (χ0) is 42.2. The first-order chi connectivity index (χ1) is 25.2. The summed E-state index contributed by atoms with van der Waals surface area (Å²) in [6.45, 7) is 7.33. The van der Waals surface area contributed by atoms with Crippen molar-refractivity contribution in [3.8, 4) is 0 Å². The first-order valence-electron chi connectivity index (χ1n) is 17.0. The van der Waals surface area contributed by atoms with Crippen LogP contribution in [0.15, 0.2) is 12.1 Å². The SMILES string of the molecule is CC(C)(CC1=Cc2nc1nc1cc(CC(C)(C)C(F)(F)F)c(nc3nc(nc4cc(CC(C)(C)C(F)(F)F)c(n2)[n-]4)C(CC(C)(C)C(F)(F)F)=C3)[n-]1)C(F)(F)F.[Pt+2]. The molecule has 314 valence electrons. The number of fused-ring (bicyclic) bond motifs is 8. The van der Waals surface area contributed by atoms with E-state index in [1.165, 1.54) is 0 Å². The quantitative estimate of drug-likeness (QED) is 0.206. The molecule has 0 aliphatic carbocycles. The number of alkyl halides is 12. The van der Waals surface area contributed by atoms with E-state index in [1.807, 2.05) is 0 Å². The number of hydrogen-bond acceptors (Lipinski definition) is 6. The van der Waals surface area contributed by atoms with E-state index in [1.54, 1.807) is 0 Å². The number of nitrogens with zero attached hydrogens (tertiary/aromatic N) is 8. The summed E-state index contributed by atoms with van der Waals surface area (Å²) in [7, 11) is 0. The van der Waals surface area contributed by atoms with Crippen LogP contribution in [0.25, 0.3) is 45.9 Å². The number of rotatable bonds is 8. The molecule has 0 atom stereocenters. The van der Waals surface area contributed by atoms with Crippen molar-refractivity contribution in [2.24, 2.45) is 21.7 Å². The van der Waals surface area contributed by atoms with E-state index in [2.05, 4.69) is 39.9 Å². The monoisotopic (exact) mass is 1000 g/mol. The zero-order valence-electron chi connectivity index (χ0n) is 31.6. The van der Waals surface area contributed by atoms with Gasteiger partial charge in [-0.2, -0.15) is 52.7 Å². The van der Waals surface area contributed by atoms with E-state index in [0.29, 0.717) is 0 Å². The molecule has 0 saturated heterocycles. The molecule has 21 heteroatoms. The Balaban J connectivity index is 0.00000720. The van der Waals surface area contributed by atoms with E-state index in [-0.39, 0.29) is 89.2 Å². The van der Waals surface area contributed by atoms with Gasteiger partial charge < -0.3 is 29.9 Å². The summed E-state index contributed by atoms with van der Waals surface area (Å²) in [5.41, 5.74) is -11.3. The summed E-state index contributed by atoms with van der Waals surface area (Å²) in [6, 6.07) is 2.25. The van der Waals surface area contributed by atoms with Crippen LogP contribution >= 0.6 is 0 Å². The molecule has 5 rings (SSSR count). The van der Waals surface area contributed by atoms with Gasteiger partial charge in [-0.25, -0.2) is 9.97 Å². The van der Waals surface area contributed by atoms with Crippen LogP contribution in [0.4, 0.5) is 52.7 Å². The number of allylic oxidation sites excluding steroid dienone is 2. The second kappa shape index (κ2) is 14.8. The number of halogens is 12. The van der Waals surface area contributed by atoms with Gasteiger partial charge in [-0.15, -0.1) is 0 Å². The van der Waals surface area contributed by atoms with Crippen LogP contribution in [0.5, 0.6) is 0 Å². The Bertz CT molecular complexity index is 2080. The van der Waals surface area contributed by atoms with Gasteiger partial charge in [0, 0.05) is 22.6 Å². The van der Waals surface area contributed by atoms with E-state index in [9.17, 15) is 52.7 Å². The molecule has 8 bridgehead atoms. The predicted octanol–water partition coefficient (Wildman–Crippen LogP) is 10.5. The van der Waals surface area contributed by atoms with Crippen LogP contribution in [-0.2, 0) is 33.9 Å². The first-order valence-corrected chi connectivity index (χ1v) is 17.0. The maximum absolute atomic E-state index is 14.1. The molecule has 5 heterocycles. The third-order valence-corrected chi connectivity index (χ3v) is 9.72. The molecule has 2 aliphatic rings. The first kappa shape index (κ1) is 45.9. The molecule has 0 unspecified atom stereocenters. The molecule has 0 fully saturated rings. The Hall–Kier alpha value is -3.83. The molecule has 8 nitrogen and oxygen atoms in total. The number of aromatic nitrogens is 8. The third-order valence-electron chi connectivity index (χ3n) is 9.72. The average Bonchev–Trinajstić information content (AvgIpc) is 3.73. The van der Waals surface area contributed by atoms with Crippen molar-refractivity contribution in [2.75, 3.05) is 0 Å². The fourth-order valence-electron chi connectivity index (χ4n) is 5.61. The van der Waals surface area contributed by atoms with Crippen molar-refractivity contribution in [2.45, 2.75) is 106 Å². The van der Waals surface area contributed by atoms with Gasteiger partial charge in [0.25, 0.3) is 0 Å². The molecule has 0 radical (unpaired) electrons. The van der Waals surface area contributed by atoms with Crippen molar-refractivity contribution < 1.29 is 73.8 Å². The molecule has 2 aliphatic heterocycles. The maximum Gasteiger partial charge on any atom is 2.00 e. The van der Waals surface area contributed by atoms with E-state index >= 15 is 0 Å². The van der Waals surface area contributed by atoms with Crippen molar-refractivity contribution in [1.29, 1.82) is 0 Å². The van der Waals surface area contributed by atoms with Gasteiger partial charge in [0.2, 0.25) is 0 Å². The summed E-state index contributed by atoms with van der Waals surface area (Å²) in [5.74, 6) is -1.37. The Morgan fingerprint density at radius 1 is 0.421 bits per heavy atom. The molecule has 3 aromatic rings. The van der Waals surface area contributed by atoms with Crippen LogP contribution in [-0.4, -0.2) is 54.6 Å². The maximum atomic E-state index is 14.1. The van der Waals surface area contributed by atoms with Crippen molar-refractivity contribution in [3.05, 3.63) is 46.6 Å². The van der Waals surface area contributed by atoms with Crippen LogP contribution < -0.4 is 9.97 Å². The Morgan fingerprint density at radius 3 is 0.982 bits per heavy atom. The largest absolute Gasteiger partial charge is 2.00 e. The normalized spacial score (nSPS) is 15.0. The van der Waals surface area contributed by atoms with Crippen LogP contribution in [0.2, 0.25) is 0 Å². The van der Waals surface area contributed by atoms with Crippen molar-refractivity contribution in [1.82, 2.24) is 39.9 Å². The fraction of sp³-hybridized carbons (Fsp3) is 0.556. The molecule has 0 saturated carbocycles. The molecule has 0 aromatic carbocycles. The van der Waals surface area contributed by atoms with Crippen molar-refractivity contribution in [3.63, 3.8) is 0 Å². The summed E-state index contributed by atoms with van der Waals surface area (Å²) >= 11 is 0. The van der Waals surface area contributed by atoms with E-state index in [0.717, 1.165) is 79.7 Å². The predicted molar refractivity (Wildman–Crippen MR) is 182 cm³/mol. The second-order valence-electron chi connectivity index (χ2n) is 16.5. The minimum absolute atomic E-state index is 0. The average molecular weight is 1000 g/mol. The molecular formula is C36H36F12N8Pt. The summed E-state index contributed by atoms with van der Waals surface area (Å²) in [5, 5.41) is 0. The van der Waals surface area contributed by atoms with Gasteiger partial charge in [0.15, 0.2) is 0 Å². The molecule has 0 N–H and O–H groups in total. The summed E-state index contributed by atoms with van der Waals surface area (Å²) < 4.78 is 169. The Morgan fingerprint density at radius 2 is 0.702 bits per heavy atom. The number of hydrogen-bond donors (Lipinski definition) is 0. The smallest absolute Gasteiger partial charge is 0.358 e. The topological polar surface area (TPSA) is 106 Å². The third kappa shape index (κ3) is 9.73. The van der Waals surface area contributed by atoms with Gasteiger partial charge in [0.1, 0.15) is 0 Å². The molecule has 0 spiro atoms. The Labute approximate surface area is 332 Å². The van der Waals surface area contributed by atoms with Gasteiger partial charge in [0.05, 0.1) is 45.0 Å². The summed E-state index contributed by atoms with van der Waals surface area (Å²) in [4.78, 5) is 34.0. The minimum atomic E-state index is -4.73. The summed E-state index contributed by atoms with van der Waals surface area (Å²) in [6.07, 6.45) is -19.5. The molecular weight excluding hydrogens is 968 g/mol. The second-order valence-corrected chi connectivity index (χ2v) is 16.5.